The molecule has 1 N–H and O–H groups in total. The van der Waals surface area contributed by atoms with E-state index in [-0.39, 0.29) is 5.91 Å². The van der Waals surface area contributed by atoms with Crippen molar-refractivity contribution in [2.75, 3.05) is 6.61 Å². The molecule has 0 unspecified atom stereocenters. The first-order chi connectivity index (χ1) is 12.2. The Morgan fingerprint density at radius 3 is 2.60 bits per heavy atom. The molecule has 0 saturated carbocycles. The lowest BCUT2D eigenvalue weighted by molar-refractivity contribution is 0.0955. The fourth-order valence-electron chi connectivity index (χ4n) is 2.62. The number of hydrogen-bond donors (Lipinski definition) is 1. The number of benzene rings is 3. The second kappa shape index (κ2) is 7.62. The third kappa shape index (κ3) is 3.86. The first-order valence-corrected chi connectivity index (χ1v) is 8.23. The lowest BCUT2D eigenvalue weighted by Crippen LogP contribution is -2.17. The van der Waals surface area contributed by atoms with Crippen LogP contribution in [0.3, 0.4) is 0 Å². The summed E-state index contributed by atoms with van der Waals surface area (Å²) in [6.45, 7) is 4.49. The summed E-state index contributed by atoms with van der Waals surface area (Å²) >= 11 is 0. The molecule has 0 spiro atoms. The molecule has 0 aliphatic carbocycles. The summed E-state index contributed by atoms with van der Waals surface area (Å²) in [5.74, 6) is 0.504. The molecule has 126 valence electrons. The lowest BCUT2D eigenvalue weighted by atomic mass is 10.0. The minimum Gasteiger partial charge on any atom is -0.493 e. The number of carbonyl (C=O) groups excluding carboxylic acids is 1. The van der Waals surface area contributed by atoms with Gasteiger partial charge in [-0.3, -0.25) is 4.79 Å². The number of fused-ring (bicyclic) bond motifs is 1. The Hall–Kier alpha value is -3.14. The van der Waals surface area contributed by atoms with Gasteiger partial charge in [0.2, 0.25) is 0 Å². The van der Waals surface area contributed by atoms with Gasteiger partial charge in [0.1, 0.15) is 5.75 Å². The summed E-state index contributed by atoms with van der Waals surface area (Å²) in [6, 6.07) is 19.3. The minimum atomic E-state index is -0.241. The van der Waals surface area contributed by atoms with E-state index in [0.29, 0.717) is 12.2 Å². The van der Waals surface area contributed by atoms with E-state index in [9.17, 15) is 4.79 Å². The Bertz CT molecular complexity index is 915. The van der Waals surface area contributed by atoms with Crippen molar-refractivity contribution < 1.29 is 9.53 Å². The molecule has 3 aromatic rings. The van der Waals surface area contributed by atoms with Gasteiger partial charge >= 0.3 is 0 Å². The molecule has 0 fully saturated rings. The molecular weight excluding hydrogens is 312 g/mol. The van der Waals surface area contributed by atoms with Crippen LogP contribution in [0.5, 0.6) is 5.75 Å². The molecule has 0 aromatic heterocycles. The van der Waals surface area contributed by atoms with Gasteiger partial charge in [0.05, 0.1) is 12.8 Å². The Morgan fingerprint density at radius 1 is 1.08 bits per heavy atom. The third-order valence-electron chi connectivity index (χ3n) is 3.90. The fourth-order valence-corrected chi connectivity index (χ4v) is 2.62. The summed E-state index contributed by atoms with van der Waals surface area (Å²) in [5.41, 5.74) is 5.11. The van der Waals surface area contributed by atoms with Crippen LogP contribution in [0.15, 0.2) is 65.8 Å². The van der Waals surface area contributed by atoms with Crippen LogP contribution in [-0.4, -0.2) is 18.7 Å². The smallest absolute Gasteiger partial charge is 0.271 e. The van der Waals surface area contributed by atoms with Crippen molar-refractivity contribution in [3.63, 3.8) is 0 Å². The maximum atomic E-state index is 12.2. The van der Waals surface area contributed by atoms with Crippen LogP contribution in [0.25, 0.3) is 10.8 Å². The molecule has 3 aromatic carbocycles. The summed E-state index contributed by atoms with van der Waals surface area (Å²) < 4.78 is 5.70. The zero-order valence-electron chi connectivity index (χ0n) is 14.3. The normalized spacial score (nSPS) is 11.0. The highest BCUT2D eigenvalue weighted by Crippen LogP contribution is 2.26. The van der Waals surface area contributed by atoms with Gasteiger partial charge in [-0.15, -0.1) is 0 Å². The second-order valence-electron chi connectivity index (χ2n) is 5.70. The predicted octanol–water partition coefficient (Wildman–Crippen LogP) is 4.31. The van der Waals surface area contributed by atoms with Gasteiger partial charge in [-0.05, 0) is 42.8 Å². The number of hydrogen-bond acceptors (Lipinski definition) is 3. The van der Waals surface area contributed by atoms with E-state index in [2.05, 4.69) is 10.5 Å². The number of carbonyl (C=O) groups is 1. The molecule has 0 aliphatic heterocycles. The number of amides is 1. The molecule has 25 heavy (non-hydrogen) atoms. The molecular formula is C21H20N2O2. The standard InChI is InChI=1S/C21H20N2O2/c1-3-25-20-13-12-16-6-4-5-7-18(16)19(20)14-22-23-21(24)17-10-8-15(2)9-11-17/h4-14H,3H2,1-2H3,(H,23,24)/b22-14-. The Morgan fingerprint density at radius 2 is 1.84 bits per heavy atom. The van der Waals surface area contributed by atoms with Gasteiger partial charge in [0.15, 0.2) is 0 Å². The van der Waals surface area contributed by atoms with Crippen molar-refractivity contribution >= 4 is 22.9 Å². The fraction of sp³-hybridized carbons (Fsp3) is 0.143. The molecule has 0 bridgehead atoms. The van der Waals surface area contributed by atoms with Crippen LogP contribution in [0, 0.1) is 6.92 Å². The molecule has 0 saturated heterocycles. The maximum absolute atomic E-state index is 12.2. The maximum Gasteiger partial charge on any atom is 0.271 e. The van der Waals surface area contributed by atoms with Crippen molar-refractivity contribution in [3.8, 4) is 5.75 Å². The molecule has 0 heterocycles. The number of ether oxygens (including phenoxy) is 1. The van der Waals surface area contributed by atoms with Gasteiger partial charge in [-0.2, -0.15) is 5.10 Å². The van der Waals surface area contributed by atoms with Crippen LogP contribution in [0.4, 0.5) is 0 Å². The van der Waals surface area contributed by atoms with Crippen molar-refractivity contribution in [3.05, 3.63) is 77.4 Å². The summed E-state index contributed by atoms with van der Waals surface area (Å²) in [5, 5.41) is 6.25. The first-order valence-electron chi connectivity index (χ1n) is 8.23. The van der Waals surface area contributed by atoms with Gasteiger partial charge in [-0.1, -0.05) is 48.0 Å². The highest BCUT2D eigenvalue weighted by atomic mass is 16.5. The number of hydrazone groups is 1. The van der Waals surface area contributed by atoms with Gasteiger partial charge in [0.25, 0.3) is 5.91 Å². The van der Waals surface area contributed by atoms with E-state index >= 15 is 0 Å². The second-order valence-corrected chi connectivity index (χ2v) is 5.70. The van der Waals surface area contributed by atoms with Crippen molar-refractivity contribution in [1.82, 2.24) is 5.43 Å². The van der Waals surface area contributed by atoms with Crippen molar-refractivity contribution in [2.45, 2.75) is 13.8 Å². The van der Waals surface area contributed by atoms with Gasteiger partial charge in [0, 0.05) is 11.1 Å². The largest absolute Gasteiger partial charge is 0.493 e. The molecule has 1 amide bonds. The van der Waals surface area contributed by atoms with Gasteiger partial charge in [-0.25, -0.2) is 5.43 Å². The number of nitrogens with zero attached hydrogens (tertiary/aromatic N) is 1. The zero-order chi connectivity index (χ0) is 17.6. The van der Waals surface area contributed by atoms with Crippen LogP contribution in [0.1, 0.15) is 28.4 Å². The summed E-state index contributed by atoms with van der Waals surface area (Å²) in [7, 11) is 0. The van der Waals surface area contributed by atoms with Crippen molar-refractivity contribution in [2.24, 2.45) is 5.10 Å². The molecule has 4 heteroatoms. The zero-order valence-corrected chi connectivity index (χ0v) is 14.3. The van der Waals surface area contributed by atoms with E-state index in [1.165, 1.54) is 0 Å². The Labute approximate surface area is 147 Å². The highest BCUT2D eigenvalue weighted by molar-refractivity contribution is 6.03. The highest BCUT2D eigenvalue weighted by Gasteiger charge is 2.07. The quantitative estimate of drug-likeness (QED) is 0.559. The molecule has 0 aliphatic rings. The van der Waals surface area contributed by atoms with Crippen LogP contribution < -0.4 is 10.2 Å². The van der Waals surface area contributed by atoms with Crippen LogP contribution in [-0.2, 0) is 0 Å². The SMILES string of the molecule is CCOc1ccc2ccccc2c1/C=N\NC(=O)c1ccc(C)cc1. The predicted molar refractivity (Wildman–Crippen MR) is 101 cm³/mol. The van der Waals surface area contributed by atoms with Crippen molar-refractivity contribution in [1.29, 1.82) is 0 Å². The number of aryl methyl sites for hydroxylation is 1. The number of nitrogens with one attached hydrogen (secondary N) is 1. The third-order valence-corrected chi connectivity index (χ3v) is 3.90. The molecule has 4 nitrogen and oxygen atoms in total. The van der Waals surface area contributed by atoms with E-state index < -0.39 is 0 Å². The number of rotatable bonds is 5. The minimum absolute atomic E-state index is 0.241. The first kappa shape index (κ1) is 16.7. The monoisotopic (exact) mass is 332 g/mol. The average molecular weight is 332 g/mol. The van der Waals surface area contributed by atoms with Crippen LogP contribution in [0.2, 0.25) is 0 Å². The summed E-state index contributed by atoms with van der Waals surface area (Å²) in [4.78, 5) is 12.2. The van der Waals surface area contributed by atoms with Crippen LogP contribution >= 0.6 is 0 Å². The Kier molecular flexibility index (Phi) is 5.09. The van der Waals surface area contributed by atoms with E-state index in [1.54, 1.807) is 18.3 Å². The average Bonchev–Trinajstić information content (AvgIpc) is 2.64. The lowest BCUT2D eigenvalue weighted by Gasteiger charge is -2.10. The molecule has 0 atom stereocenters. The summed E-state index contributed by atoms with van der Waals surface area (Å²) in [6.07, 6.45) is 1.64. The molecule has 0 radical (unpaired) electrons. The van der Waals surface area contributed by atoms with E-state index in [4.69, 9.17) is 4.74 Å². The molecule has 3 rings (SSSR count). The van der Waals surface area contributed by atoms with Gasteiger partial charge < -0.3 is 4.74 Å². The van der Waals surface area contributed by atoms with E-state index in [0.717, 1.165) is 27.6 Å². The van der Waals surface area contributed by atoms with E-state index in [1.807, 2.05) is 62.4 Å². The topological polar surface area (TPSA) is 50.7 Å². The Balaban J connectivity index is 1.86.